The predicted octanol–water partition coefficient (Wildman–Crippen LogP) is 5.03. The summed E-state index contributed by atoms with van der Waals surface area (Å²) in [6.45, 7) is 0. The topological polar surface area (TPSA) is 106 Å². The van der Waals surface area contributed by atoms with Crippen LogP contribution in [-0.4, -0.2) is 57.5 Å². The first-order chi connectivity index (χ1) is 18.7. The van der Waals surface area contributed by atoms with Gasteiger partial charge in [-0.1, -0.05) is 36.4 Å². The number of likely N-dealkylation sites (N-methyl/N-ethyl adjacent to an activating group) is 2. The molecule has 4 heterocycles. The number of carbonyl (C=O) groups excluding carboxylic acids is 4. The Bertz CT molecular complexity index is 1700. The monoisotopic (exact) mass is 648 g/mol. The quantitative estimate of drug-likeness (QED) is 0.286. The second-order valence-corrected chi connectivity index (χ2v) is 11.2. The lowest BCUT2D eigenvalue weighted by Gasteiger charge is -2.10. The van der Waals surface area contributed by atoms with Crippen molar-refractivity contribution in [3.05, 3.63) is 80.0 Å². The van der Waals surface area contributed by atoms with Crippen molar-refractivity contribution < 1.29 is 19.2 Å². The van der Waals surface area contributed by atoms with Crippen molar-refractivity contribution in [1.82, 2.24) is 19.8 Å². The van der Waals surface area contributed by atoms with E-state index in [0.717, 1.165) is 54.1 Å². The van der Waals surface area contributed by atoms with E-state index in [0.29, 0.717) is 30.4 Å². The first-order valence-corrected chi connectivity index (χ1v) is 13.9. The number of aromatic nitrogens is 2. The number of aromatic amines is 2. The molecule has 0 bridgehead atoms. The summed E-state index contributed by atoms with van der Waals surface area (Å²) in [5.41, 5.74) is 5.62. The molecule has 0 spiro atoms. The number of nitrogens with one attached hydrogen (secondary N) is 2. The number of fused-ring (bicyclic) bond motifs is 2. The molecule has 2 aliphatic rings. The van der Waals surface area contributed by atoms with Gasteiger partial charge in [0.05, 0.1) is 20.1 Å². The number of para-hydroxylation sites is 2. The van der Waals surface area contributed by atoms with Gasteiger partial charge in [-0.3, -0.25) is 29.0 Å². The van der Waals surface area contributed by atoms with Crippen molar-refractivity contribution >= 4 is 88.4 Å². The molecule has 4 aromatic rings. The molecular formula is C29H22Br2N4O4. The van der Waals surface area contributed by atoms with Crippen LogP contribution < -0.4 is 0 Å². The number of aryl methyl sites for hydroxylation is 2. The van der Waals surface area contributed by atoms with E-state index >= 15 is 0 Å². The number of rotatable bonds is 6. The Balaban J connectivity index is 1.38. The summed E-state index contributed by atoms with van der Waals surface area (Å²) in [6.07, 6.45) is 1.84. The second kappa shape index (κ2) is 9.46. The summed E-state index contributed by atoms with van der Waals surface area (Å²) in [7, 11) is 2.95. The Kier molecular flexibility index (Phi) is 6.19. The smallest absolute Gasteiger partial charge is 0.268 e. The number of carbonyl (C=O) groups is 4. The summed E-state index contributed by atoms with van der Waals surface area (Å²) < 4.78 is 0.508. The van der Waals surface area contributed by atoms with Gasteiger partial charge in [-0.15, -0.1) is 0 Å². The summed E-state index contributed by atoms with van der Waals surface area (Å²) in [5.74, 6) is -1.43. The van der Waals surface area contributed by atoms with Crippen LogP contribution in [0.4, 0.5) is 0 Å². The molecule has 39 heavy (non-hydrogen) atoms. The number of amides is 4. The third-order valence-corrected chi connectivity index (χ3v) is 8.85. The lowest BCUT2D eigenvalue weighted by Crippen LogP contribution is -2.26. The Morgan fingerprint density at radius 2 is 1.00 bits per heavy atom. The van der Waals surface area contributed by atoms with Crippen LogP contribution in [0.15, 0.2) is 57.5 Å². The van der Waals surface area contributed by atoms with Crippen LogP contribution in [0.1, 0.15) is 28.9 Å². The highest BCUT2D eigenvalue weighted by molar-refractivity contribution is 9.12. The van der Waals surface area contributed by atoms with Gasteiger partial charge in [-0.2, -0.15) is 0 Å². The van der Waals surface area contributed by atoms with Gasteiger partial charge in [-0.05, 0) is 63.3 Å². The SMILES string of the molecule is CN1C(=O)C(Br)=C(c2c(CCCc3[nH]c4ccccc4c3C3=C(Br)C(=O)N(C)C3=O)[nH]c3ccccc23)C1=O. The third kappa shape index (κ3) is 3.84. The maximum absolute atomic E-state index is 13.0. The minimum atomic E-state index is -0.367. The normalized spacial score (nSPS) is 16.4. The maximum atomic E-state index is 13.0. The summed E-state index contributed by atoms with van der Waals surface area (Å²) in [4.78, 5) is 60.3. The highest BCUT2D eigenvalue weighted by Gasteiger charge is 2.39. The number of hydrogen-bond donors (Lipinski definition) is 2. The molecule has 10 heteroatoms. The van der Waals surface area contributed by atoms with E-state index in [9.17, 15) is 19.2 Å². The van der Waals surface area contributed by atoms with E-state index < -0.39 is 0 Å². The van der Waals surface area contributed by atoms with Crippen LogP contribution in [0.25, 0.3) is 33.0 Å². The van der Waals surface area contributed by atoms with E-state index in [-0.39, 0.29) is 32.6 Å². The minimum Gasteiger partial charge on any atom is -0.358 e. The van der Waals surface area contributed by atoms with Crippen LogP contribution >= 0.6 is 31.9 Å². The van der Waals surface area contributed by atoms with Crippen LogP contribution in [0, 0.1) is 0 Å². The number of nitrogens with zero attached hydrogens (tertiary/aromatic N) is 2. The zero-order chi connectivity index (χ0) is 27.6. The van der Waals surface area contributed by atoms with E-state index in [1.807, 2.05) is 48.5 Å². The molecular weight excluding hydrogens is 628 g/mol. The molecule has 0 atom stereocenters. The second-order valence-electron chi connectivity index (χ2n) is 9.62. The van der Waals surface area contributed by atoms with Gasteiger partial charge in [0.15, 0.2) is 0 Å². The predicted molar refractivity (Wildman–Crippen MR) is 156 cm³/mol. The fourth-order valence-electron chi connectivity index (χ4n) is 5.43. The van der Waals surface area contributed by atoms with Crippen molar-refractivity contribution in [2.45, 2.75) is 19.3 Å². The molecule has 0 saturated carbocycles. The maximum Gasteiger partial charge on any atom is 0.268 e. The molecule has 2 aromatic heterocycles. The van der Waals surface area contributed by atoms with Gasteiger partial charge in [-0.25, -0.2) is 0 Å². The standard InChI is InChI=1S/C29H22Br2N4O4/c1-34-26(36)22(24(30)28(34)38)20-14-8-3-5-10-16(14)32-18(20)12-7-13-19-21(15-9-4-6-11-17(15)33-19)23-25(31)29(39)35(2)27(23)37/h3-6,8-11,32-33H,7,12-13H2,1-2H3. The Labute approximate surface area is 240 Å². The van der Waals surface area contributed by atoms with Gasteiger partial charge in [0.1, 0.15) is 0 Å². The molecule has 0 unspecified atom stereocenters. The number of imide groups is 2. The van der Waals surface area contributed by atoms with E-state index in [1.165, 1.54) is 14.1 Å². The number of benzene rings is 2. The van der Waals surface area contributed by atoms with Crippen molar-refractivity contribution in [2.75, 3.05) is 14.1 Å². The van der Waals surface area contributed by atoms with Crippen molar-refractivity contribution in [2.24, 2.45) is 0 Å². The average molecular weight is 650 g/mol. The molecule has 0 radical (unpaired) electrons. The Morgan fingerprint density at radius 3 is 1.36 bits per heavy atom. The first-order valence-electron chi connectivity index (χ1n) is 12.3. The number of hydrogen-bond acceptors (Lipinski definition) is 4. The van der Waals surface area contributed by atoms with Crippen LogP contribution in [0.2, 0.25) is 0 Å². The van der Waals surface area contributed by atoms with Gasteiger partial charge in [0, 0.05) is 58.4 Å². The van der Waals surface area contributed by atoms with E-state index in [1.54, 1.807) is 0 Å². The van der Waals surface area contributed by atoms with Gasteiger partial charge < -0.3 is 9.97 Å². The van der Waals surface area contributed by atoms with Gasteiger partial charge in [0.2, 0.25) is 0 Å². The zero-order valence-electron chi connectivity index (χ0n) is 21.0. The zero-order valence-corrected chi connectivity index (χ0v) is 24.2. The van der Waals surface area contributed by atoms with Crippen molar-refractivity contribution in [3.8, 4) is 0 Å². The van der Waals surface area contributed by atoms with E-state index in [2.05, 4.69) is 41.8 Å². The lowest BCUT2D eigenvalue weighted by molar-refractivity contribution is -0.136. The van der Waals surface area contributed by atoms with Crippen LogP contribution in [0.5, 0.6) is 0 Å². The van der Waals surface area contributed by atoms with Crippen molar-refractivity contribution in [1.29, 1.82) is 0 Å². The highest BCUT2D eigenvalue weighted by atomic mass is 79.9. The molecule has 0 aliphatic carbocycles. The summed E-state index contributed by atoms with van der Waals surface area (Å²) in [5, 5.41) is 1.74. The first kappa shape index (κ1) is 25.5. The van der Waals surface area contributed by atoms with Crippen LogP contribution in [0.3, 0.4) is 0 Å². The van der Waals surface area contributed by atoms with Crippen molar-refractivity contribution in [3.63, 3.8) is 0 Å². The molecule has 8 nitrogen and oxygen atoms in total. The van der Waals surface area contributed by atoms with Crippen LogP contribution in [-0.2, 0) is 32.0 Å². The summed E-state index contributed by atoms with van der Waals surface area (Å²) in [6, 6.07) is 15.4. The average Bonchev–Trinajstić information content (AvgIpc) is 3.59. The minimum absolute atomic E-state index is 0.254. The lowest BCUT2D eigenvalue weighted by atomic mass is 9.97. The van der Waals surface area contributed by atoms with E-state index in [4.69, 9.17) is 0 Å². The molecule has 4 amide bonds. The molecule has 196 valence electrons. The molecule has 2 N–H and O–H groups in total. The molecule has 2 aliphatic heterocycles. The number of H-pyrrole nitrogens is 2. The Morgan fingerprint density at radius 1 is 0.615 bits per heavy atom. The van der Waals surface area contributed by atoms with Gasteiger partial charge >= 0.3 is 0 Å². The summed E-state index contributed by atoms with van der Waals surface area (Å²) >= 11 is 6.72. The number of halogens is 2. The fourth-order valence-corrected chi connectivity index (χ4v) is 6.70. The largest absolute Gasteiger partial charge is 0.358 e. The third-order valence-electron chi connectivity index (χ3n) is 7.38. The Hall–Kier alpha value is -3.76. The fraction of sp³-hybridized carbons (Fsp3) is 0.172. The van der Waals surface area contributed by atoms with Gasteiger partial charge in [0.25, 0.3) is 23.6 Å². The molecule has 0 fully saturated rings. The molecule has 0 saturated heterocycles. The molecule has 2 aromatic carbocycles. The molecule has 6 rings (SSSR count). The highest BCUT2D eigenvalue weighted by Crippen LogP contribution is 2.40.